The molecule has 2 N–H and O–H groups in total. The number of nitriles is 1. The predicted molar refractivity (Wildman–Crippen MR) is 124 cm³/mol. The number of anilines is 1. The van der Waals surface area contributed by atoms with Crippen LogP contribution in [0.5, 0.6) is 5.75 Å². The first-order chi connectivity index (χ1) is 16.6. The summed E-state index contributed by atoms with van der Waals surface area (Å²) in [7, 11) is 0. The van der Waals surface area contributed by atoms with Crippen LogP contribution in [0.4, 0.5) is 5.82 Å². The van der Waals surface area contributed by atoms with Crippen molar-refractivity contribution in [2.24, 2.45) is 5.92 Å². The van der Waals surface area contributed by atoms with E-state index in [1.54, 1.807) is 23.2 Å². The Balaban J connectivity index is 0.000000226. The molecule has 1 saturated carbocycles. The zero-order valence-corrected chi connectivity index (χ0v) is 18.9. The van der Waals surface area contributed by atoms with E-state index in [1.165, 1.54) is 0 Å². The average molecular weight is 465 g/mol. The van der Waals surface area contributed by atoms with E-state index in [2.05, 4.69) is 16.4 Å². The third-order valence-corrected chi connectivity index (χ3v) is 5.96. The number of β-amino-alcohol motifs (C(OH)–C–C–N with tert-alkyl or cyclic N) is 1. The molecule has 3 fully saturated rings. The van der Waals surface area contributed by atoms with Gasteiger partial charge in [0.15, 0.2) is 0 Å². The molecule has 34 heavy (non-hydrogen) atoms. The number of nitrogens with zero attached hydrogens (tertiary/aromatic N) is 3. The van der Waals surface area contributed by atoms with E-state index >= 15 is 0 Å². The Labute approximate surface area is 198 Å². The lowest BCUT2D eigenvalue weighted by Gasteiger charge is -2.35. The van der Waals surface area contributed by atoms with Crippen molar-refractivity contribution in [3.05, 3.63) is 42.1 Å². The minimum atomic E-state index is -0.248. The molecular weight excluding hydrogens is 436 g/mol. The number of aromatic nitrogens is 1. The summed E-state index contributed by atoms with van der Waals surface area (Å²) in [6.07, 6.45) is 5.81. The minimum absolute atomic E-state index is 0.0843. The Kier molecular flexibility index (Phi) is 7.72. The molecule has 1 aliphatic carbocycles. The van der Waals surface area contributed by atoms with Gasteiger partial charge in [0.25, 0.3) is 0 Å². The smallest absolute Gasteiger partial charge is 0.225 e. The van der Waals surface area contributed by atoms with E-state index in [0.29, 0.717) is 55.8 Å². The molecule has 0 atom stereocenters. The standard InChI is InChI=1S/C18H17N3O3.C7H11NO2/c19-11-15-9-13(14-3-6-20-18(10-14)21-12-22)1-2-17(15)24-16-4-7-23-8-5-16;9-6-3-8(4-6)7(10)5-1-2-5/h1-3,6,9-10,12,16H,4-5,7-8H2,(H,20,21,22);5-6,9H,1-4H2. The zero-order valence-electron chi connectivity index (χ0n) is 18.9. The molecule has 5 rings (SSSR count). The van der Waals surface area contributed by atoms with Crippen LogP contribution < -0.4 is 10.1 Å². The van der Waals surface area contributed by atoms with Crippen LogP contribution in [0, 0.1) is 17.2 Å². The van der Waals surface area contributed by atoms with Crippen molar-refractivity contribution in [1.82, 2.24) is 9.88 Å². The number of benzene rings is 1. The number of hydrogen-bond donors (Lipinski definition) is 2. The zero-order chi connectivity index (χ0) is 23.9. The molecule has 9 nitrogen and oxygen atoms in total. The molecule has 2 amide bonds. The van der Waals surface area contributed by atoms with Crippen LogP contribution in [0.3, 0.4) is 0 Å². The number of ether oxygens (including phenoxy) is 2. The summed E-state index contributed by atoms with van der Waals surface area (Å²) in [5, 5.41) is 20.8. The second kappa shape index (κ2) is 11.1. The maximum atomic E-state index is 11.1. The molecule has 0 spiro atoms. The maximum Gasteiger partial charge on any atom is 0.225 e. The lowest BCUT2D eigenvalue weighted by Crippen LogP contribution is -2.54. The summed E-state index contributed by atoms with van der Waals surface area (Å²) < 4.78 is 11.3. The van der Waals surface area contributed by atoms with Crippen LogP contribution in [0.1, 0.15) is 31.2 Å². The van der Waals surface area contributed by atoms with Crippen molar-refractivity contribution < 1.29 is 24.2 Å². The summed E-state index contributed by atoms with van der Waals surface area (Å²) in [5.74, 6) is 1.62. The summed E-state index contributed by atoms with van der Waals surface area (Å²) in [6.45, 7) is 2.51. The van der Waals surface area contributed by atoms with Crippen LogP contribution in [0.15, 0.2) is 36.5 Å². The number of likely N-dealkylation sites (tertiary alicyclic amines) is 1. The fourth-order valence-corrected chi connectivity index (χ4v) is 3.85. The molecule has 0 unspecified atom stereocenters. The van der Waals surface area contributed by atoms with Gasteiger partial charge in [-0.3, -0.25) is 9.59 Å². The molecule has 2 aliphatic heterocycles. The van der Waals surface area contributed by atoms with Gasteiger partial charge < -0.3 is 24.8 Å². The van der Waals surface area contributed by atoms with Crippen LogP contribution in [0.25, 0.3) is 11.1 Å². The monoisotopic (exact) mass is 464 g/mol. The number of carbonyl (C=O) groups excluding carboxylic acids is 2. The fourth-order valence-electron chi connectivity index (χ4n) is 3.85. The molecule has 2 saturated heterocycles. The third-order valence-electron chi connectivity index (χ3n) is 5.96. The van der Waals surface area contributed by atoms with Crippen molar-refractivity contribution in [3.8, 4) is 22.9 Å². The topological polar surface area (TPSA) is 125 Å². The van der Waals surface area contributed by atoms with Crippen molar-refractivity contribution >= 4 is 18.1 Å². The molecule has 178 valence electrons. The van der Waals surface area contributed by atoms with E-state index in [1.807, 2.05) is 18.2 Å². The number of hydrogen-bond acceptors (Lipinski definition) is 7. The molecule has 3 aliphatic rings. The number of aliphatic hydroxyl groups excluding tert-OH is 1. The lowest BCUT2D eigenvalue weighted by molar-refractivity contribution is -0.142. The van der Waals surface area contributed by atoms with Gasteiger partial charge in [0.2, 0.25) is 12.3 Å². The highest BCUT2D eigenvalue weighted by Gasteiger charge is 2.38. The van der Waals surface area contributed by atoms with Gasteiger partial charge in [0.1, 0.15) is 23.7 Å². The molecule has 1 aromatic carbocycles. The Morgan fingerprint density at radius 1 is 1.18 bits per heavy atom. The number of nitrogens with one attached hydrogen (secondary N) is 1. The summed E-state index contributed by atoms with van der Waals surface area (Å²) in [6, 6.07) is 11.3. The van der Waals surface area contributed by atoms with Gasteiger partial charge >= 0.3 is 0 Å². The minimum Gasteiger partial charge on any atom is -0.489 e. The van der Waals surface area contributed by atoms with E-state index in [0.717, 1.165) is 36.8 Å². The van der Waals surface area contributed by atoms with Gasteiger partial charge in [-0.15, -0.1) is 0 Å². The van der Waals surface area contributed by atoms with E-state index < -0.39 is 0 Å². The quantitative estimate of drug-likeness (QED) is 0.629. The number of carbonyl (C=O) groups is 2. The van der Waals surface area contributed by atoms with Crippen molar-refractivity contribution in [2.45, 2.75) is 37.9 Å². The Bertz CT molecular complexity index is 1050. The highest BCUT2D eigenvalue weighted by atomic mass is 16.5. The van der Waals surface area contributed by atoms with Gasteiger partial charge in [0, 0.05) is 38.0 Å². The van der Waals surface area contributed by atoms with E-state index in [9.17, 15) is 14.9 Å². The molecule has 0 bridgehead atoms. The highest BCUT2D eigenvalue weighted by Crippen LogP contribution is 2.32. The first-order valence-corrected chi connectivity index (χ1v) is 11.5. The van der Waals surface area contributed by atoms with Crippen molar-refractivity contribution in [1.29, 1.82) is 5.26 Å². The molecule has 3 heterocycles. The lowest BCUT2D eigenvalue weighted by atomic mass is 10.0. The Morgan fingerprint density at radius 2 is 1.91 bits per heavy atom. The van der Waals surface area contributed by atoms with Gasteiger partial charge in [-0.25, -0.2) is 4.98 Å². The first-order valence-electron chi connectivity index (χ1n) is 11.5. The molecule has 1 aromatic heterocycles. The van der Waals surface area contributed by atoms with Crippen LogP contribution in [0.2, 0.25) is 0 Å². The van der Waals surface area contributed by atoms with E-state index in [-0.39, 0.29) is 18.1 Å². The van der Waals surface area contributed by atoms with Crippen molar-refractivity contribution in [2.75, 3.05) is 31.6 Å². The van der Waals surface area contributed by atoms with Gasteiger partial charge in [-0.05, 0) is 48.2 Å². The number of pyridine rings is 1. The average Bonchev–Trinajstić information content (AvgIpc) is 3.69. The Hall–Kier alpha value is -3.48. The molecule has 2 aromatic rings. The van der Waals surface area contributed by atoms with Crippen LogP contribution in [-0.2, 0) is 14.3 Å². The summed E-state index contributed by atoms with van der Waals surface area (Å²) in [5.41, 5.74) is 2.21. The van der Waals surface area contributed by atoms with Gasteiger partial charge in [-0.2, -0.15) is 5.26 Å². The predicted octanol–water partition coefficient (Wildman–Crippen LogP) is 2.35. The van der Waals surface area contributed by atoms with Crippen LogP contribution >= 0.6 is 0 Å². The number of rotatable bonds is 6. The molecule has 9 heteroatoms. The second-order valence-corrected chi connectivity index (χ2v) is 8.62. The number of amides is 2. The largest absolute Gasteiger partial charge is 0.489 e. The second-order valence-electron chi connectivity index (χ2n) is 8.62. The highest BCUT2D eigenvalue weighted by molar-refractivity contribution is 5.81. The first kappa shape index (κ1) is 23.7. The van der Waals surface area contributed by atoms with E-state index in [4.69, 9.17) is 14.6 Å². The molecular formula is C25H28N4O5. The Morgan fingerprint density at radius 3 is 2.56 bits per heavy atom. The molecule has 0 radical (unpaired) electrons. The fraction of sp³-hybridized carbons (Fsp3) is 0.440. The number of aliphatic hydroxyl groups is 1. The summed E-state index contributed by atoms with van der Waals surface area (Å²) in [4.78, 5) is 27.5. The summed E-state index contributed by atoms with van der Waals surface area (Å²) >= 11 is 0. The maximum absolute atomic E-state index is 11.1. The third kappa shape index (κ3) is 6.10. The van der Waals surface area contributed by atoms with Crippen molar-refractivity contribution in [3.63, 3.8) is 0 Å². The normalized spacial score (nSPS) is 18.1. The SMILES string of the molecule is N#Cc1cc(-c2ccnc(NC=O)c2)ccc1OC1CCOCC1.O=C(C1CC1)N1CC(O)C1. The van der Waals surface area contributed by atoms with Gasteiger partial charge in [-0.1, -0.05) is 6.07 Å². The van der Waals surface area contributed by atoms with Crippen LogP contribution in [-0.4, -0.2) is 65.8 Å². The van der Waals surface area contributed by atoms with Gasteiger partial charge in [0.05, 0.1) is 24.9 Å².